The van der Waals surface area contributed by atoms with Crippen LogP contribution in [0.3, 0.4) is 0 Å². The minimum absolute atomic E-state index is 0.391. The summed E-state index contributed by atoms with van der Waals surface area (Å²) in [5.41, 5.74) is 0. The molecule has 0 N–H and O–H groups in total. The molecule has 0 heterocycles. The first-order valence-electron chi connectivity index (χ1n) is 8.08. The number of rotatable bonds is 11. The van der Waals surface area contributed by atoms with E-state index in [-0.39, 0.29) is 0 Å². The summed E-state index contributed by atoms with van der Waals surface area (Å²) in [6.07, 6.45) is 12.4. The van der Waals surface area contributed by atoms with E-state index in [1.165, 1.54) is 51.4 Å². The molecule has 0 spiro atoms. The van der Waals surface area contributed by atoms with Crippen LogP contribution < -0.4 is 0 Å². The van der Waals surface area contributed by atoms with Crippen molar-refractivity contribution in [3.63, 3.8) is 0 Å². The Morgan fingerprint density at radius 3 is 1.78 bits per heavy atom. The summed E-state index contributed by atoms with van der Waals surface area (Å²) in [6.45, 7) is 6.47. The zero-order valence-corrected chi connectivity index (χ0v) is 12.4. The predicted molar refractivity (Wildman–Crippen MR) is 77.6 cm³/mol. The van der Waals surface area contributed by atoms with Gasteiger partial charge in [0.2, 0.25) is 5.91 Å². The molecule has 18 heavy (non-hydrogen) atoms. The van der Waals surface area contributed by atoms with Crippen LogP contribution in [0.2, 0.25) is 0 Å². The number of carbonyl (C=O) groups is 1. The number of carbonyl (C=O) groups excluding carboxylic acids is 1. The summed E-state index contributed by atoms with van der Waals surface area (Å²) >= 11 is 0. The molecule has 2 nitrogen and oxygen atoms in total. The normalized spacial score (nSPS) is 14.8. The predicted octanol–water partition coefficient (Wildman–Crippen LogP) is 4.39. The van der Waals surface area contributed by atoms with Gasteiger partial charge in [0.25, 0.3) is 0 Å². The molecule has 0 radical (unpaired) electrons. The lowest BCUT2D eigenvalue weighted by molar-refractivity contribution is -0.132. The molecule has 1 aliphatic carbocycles. The second-order valence-electron chi connectivity index (χ2n) is 5.72. The number of hydrogen-bond donors (Lipinski definition) is 0. The molecule has 0 aromatic heterocycles. The van der Waals surface area contributed by atoms with Crippen LogP contribution in [0.25, 0.3) is 0 Å². The number of amides is 1. The smallest absolute Gasteiger partial charge is 0.225 e. The van der Waals surface area contributed by atoms with Gasteiger partial charge in [-0.25, -0.2) is 0 Å². The van der Waals surface area contributed by atoms with Gasteiger partial charge in [-0.15, -0.1) is 0 Å². The quantitative estimate of drug-likeness (QED) is 0.500. The summed E-state index contributed by atoms with van der Waals surface area (Å²) in [5, 5.41) is 0. The lowest BCUT2D eigenvalue weighted by atomic mass is 10.1. The Morgan fingerprint density at radius 1 is 0.889 bits per heavy atom. The van der Waals surface area contributed by atoms with Gasteiger partial charge in [-0.3, -0.25) is 4.79 Å². The average Bonchev–Trinajstić information content (AvgIpc) is 3.20. The third kappa shape index (κ3) is 6.42. The summed E-state index contributed by atoms with van der Waals surface area (Å²) in [4.78, 5) is 14.3. The van der Waals surface area contributed by atoms with E-state index in [0.717, 1.165) is 25.9 Å². The third-order valence-corrected chi connectivity index (χ3v) is 3.80. The van der Waals surface area contributed by atoms with Crippen molar-refractivity contribution in [2.45, 2.75) is 78.1 Å². The maximum Gasteiger partial charge on any atom is 0.225 e. The highest BCUT2D eigenvalue weighted by molar-refractivity contribution is 5.81. The molecule has 0 bridgehead atoms. The Bertz CT molecular complexity index is 211. The maximum atomic E-state index is 12.2. The summed E-state index contributed by atoms with van der Waals surface area (Å²) < 4.78 is 0. The van der Waals surface area contributed by atoms with E-state index in [1.807, 2.05) is 0 Å². The molecule has 0 aromatic rings. The maximum absolute atomic E-state index is 12.2. The summed E-state index contributed by atoms with van der Waals surface area (Å²) in [7, 11) is 0. The molecule has 0 aliphatic heterocycles. The van der Waals surface area contributed by atoms with Crippen molar-refractivity contribution in [3.8, 4) is 0 Å². The fraction of sp³-hybridized carbons (Fsp3) is 0.938. The summed E-state index contributed by atoms with van der Waals surface area (Å²) in [5.74, 6) is 0.838. The van der Waals surface area contributed by atoms with Gasteiger partial charge in [-0.05, 0) is 25.7 Å². The van der Waals surface area contributed by atoms with Crippen LogP contribution in [0.5, 0.6) is 0 Å². The van der Waals surface area contributed by atoms with Gasteiger partial charge in [0, 0.05) is 19.0 Å². The molecule has 1 rings (SSSR count). The van der Waals surface area contributed by atoms with Gasteiger partial charge >= 0.3 is 0 Å². The average molecular weight is 253 g/mol. The van der Waals surface area contributed by atoms with Gasteiger partial charge in [-0.2, -0.15) is 0 Å². The Labute approximate surface area is 113 Å². The van der Waals surface area contributed by atoms with Crippen LogP contribution >= 0.6 is 0 Å². The second kappa shape index (κ2) is 9.41. The molecule has 0 atom stereocenters. The van der Waals surface area contributed by atoms with Crippen molar-refractivity contribution in [2.24, 2.45) is 5.92 Å². The van der Waals surface area contributed by atoms with E-state index in [0.29, 0.717) is 11.8 Å². The van der Waals surface area contributed by atoms with Crippen molar-refractivity contribution >= 4 is 5.91 Å². The van der Waals surface area contributed by atoms with E-state index in [4.69, 9.17) is 0 Å². The molecule has 1 fully saturated rings. The Hall–Kier alpha value is -0.530. The zero-order chi connectivity index (χ0) is 13.2. The van der Waals surface area contributed by atoms with E-state index < -0.39 is 0 Å². The van der Waals surface area contributed by atoms with Crippen LogP contribution in [-0.2, 0) is 4.79 Å². The first kappa shape index (κ1) is 15.5. The van der Waals surface area contributed by atoms with Crippen molar-refractivity contribution in [2.75, 3.05) is 13.1 Å². The highest BCUT2D eigenvalue weighted by Crippen LogP contribution is 2.31. The van der Waals surface area contributed by atoms with Crippen LogP contribution in [-0.4, -0.2) is 23.9 Å². The highest BCUT2D eigenvalue weighted by Gasteiger charge is 2.32. The van der Waals surface area contributed by atoms with Gasteiger partial charge in [0.1, 0.15) is 0 Å². The van der Waals surface area contributed by atoms with Crippen LogP contribution in [0.4, 0.5) is 0 Å². The molecule has 1 saturated carbocycles. The van der Waals surface area contributed by atoms with E-state index in [2.05, 4.69) is 18.7 Å². The molecule has 1 aliphatic rings. The Morgan fingerprint density at radius 2 is 1.39 bits per heavy atom. The number of nitrogens with zero attached hydrogens (tertiary/aromatic N) is 1. The van der Waals surface area contributed by atoms with Gasteiger partial charge in [0.05, 0.1) is 0 Å². The Balaban J connectivity index is 2.20. The number of unbranched alkanes of at least 4 members (excludes halogenated alkanes) is 6. The Kier molecular flexibility index (Phi) is 8.11. The molecule has 1 amide bonds. The number of hydrogen-bond acceptors (Lipinski definition) is 1. The molecule has 0 aromatic carbocycles. The fourth-order valence-electron chi connectivity index (χ4n) is 2.38. The van der Waals surface area contributed by atoms with Gasteiger partial charge in [0.15, 0.2) is 0 Å². The molecule has 0 saturated heterocycles. The van der Waals surface area contributed by atoms with Crippen molar-refractivity contribution < 1.29 is 4.79 Å². The molecule has 106 valence electrons. The highest BCUT2D eigenvalue weighted by atomic mass is 16.2. The first-order valence-corrected chi connectivity index (χ1v) is 8.08. The van der Waals surface area contributed by atoms with E-state index in [9.17, 15) is 4.79 Å². The lowest BCUT2D eigenvalue weighted by Crippen LogP contribution is -2.34. The van der Waals surface area contributed by atoms with Crippen molar-refractivity contribution in [3.05, 3.63) is 0 Å². The minimum atomic E-state index is 0.391. The molecule has 2 heteroatoms. The van der Waals surface area contributed by atoms with Crippen molar-refractivity contribution in [1.29, 1.82) is 0 Å². The van der Waals surface area contributed by atoms with Crippen LogP contribution in [0.1, 0.15) is 78.1 Å². The second-order valence-corrected chi connectivity index (χ2v) is 5.72. The van der Waals surface area contributed by atoms with Gasteiger partial charge < -0.3 is 4.90 Å². The van der Waals surface area contributed by atoms with Crippen molar-refractivity contribution in [1.82, 2.24) is 4.90 Å². The van der Waals surface area contributed by atoms with Gasteiger partial charge in [-0.1, -0.05) is 52.4 Å². The fourth-order valence-corrected chi connectivity index (χ4v) is 2.38. The monoisotopic (exact) mass is 253 g/mol. The molecular weight excluding hydrogens is 222 g/mol. The zero-order valence-electron chi connectivity index (χ0n) is 12.4. The standard InChI is InChI=1S/C16H31NO/c1-3-5-7-9-13-17(14-10-8-6-4-2)16(18)15-11-12-15/h15H,3-14H2,1-2H3. The van der Waals surface area contributed by atoms with Crippen LogP contribution in [0.15, 0.2) is 0 Å². The largest absolute Gasteiger partial charge is 0.342 e. The molecular formula is C16H31NO. The third-order valence-electron chi connectivity index (χ3n) is 3.80. The van der Waals surface area contributed by atoms with Crippen LogP contribution in [0, 0.1) is 5.92 Å². The minimum Gasteiger partial charge on any atom is -0.342 e. The molecule has 0 unspecified atom stereocenters. The SMILES string of the molecule is CCCCCCN(CCCCCC)C(=O)C1CC1. The lowest BCUT2D eigenvalue weighted by Gasteiger charge is -2.22. The van der Waals surface area contributed by atoms with E-state index in [1.54, 1.807) is 0 Å². The summed E-state index contributed by atoms with van der Waals surface area (Å²) in [6, 6.07) is 0. The first-order chi connectivity index (χ1) is 8.79. The van der Waals surface area contributed by atoms with E-state index >= 15 is 0 Å². The topological polar surface area (TPSA) is 20.3 Å².